The highest BCUT2D eigenvalue weighted by atomic mass is 32.2. The Hall–Kier alpha value is -0.870. The van der Waals surface area contributed by atoms with Crippen molar-refractivity contribution in [2.45, 2.75) is 154 Å². The van der Waals surface area contributed by atoms with E-state index in [1.807, 2.05) is 6.07 Å². The number of rotatable bonds is 24. The molecule has 0 radical (unpaired) electrons. The van der Waals surface area contributed by atoms with E-state index in [-0.39, 0.29) is 6.61 Å². The molecule has 0 aliphatic rings. The SMILES string of the molecule is Cc1ccccc1S(=O)(=O)OCCCCCCCCCCCCCCCCCCCCCC(C)C. The van der Waals surface area contributed by atoms with E-state index in [0.717, 1.165) is 24.3 Å². The summed E-state index contributed by atoms with van der Waals surface area (Å²) in [7, 11) is -3.62. The van der Waals surface area contributed by atoms with Crippen LogP contribution < -0.4 is 0 Å². The first-order valence-electron chi connectivity index (χ1n) is 14.9. The predicted molar refractivity (Wildman–Crippen MR) is 151 cm³/mol. The molecule has 0 spiro atoms. The highest BCUT2D eigenvalue weighted by Gasteiger charge is 2.16. The minimum Gasteiger partial charge on any atom is -0.266 e. The van der Waals surface area contributed by atoms with Crippen molar-refractivity contribution < 1.29 is 12.6 Å². The highest BCUT2D eigenvalue weighted by molar-refractivity contribution is 7.86. The quantitative estimate of drug-likeness (QED) is 0.103. The molecule has 0 fully saturated rings. The van der Waals surface area contributed by atoms with E-state index in [9.17, 15) is 8.42 Å². The monoisotopic (exact) mass is 508 g/mol. The minimum absolute atomic E-state index is 0.287. The maximum Gasteiger partial charge on any atom is 0.297 e. The molecule has 0 saturated carbocycles. The first kappa shape index (κ1) is 32.2. The normalized spacial score (nSPS) is 12.0. The summed E-state index contributed by atoms with van der Waals surface area (Å²) in [6.07, 6.45) is 26.9. The molecule has 0 aliphatic carbocycles. The molecule has 0 aromatic heterocycles. The van der Waals surface area contributed by atoms with Gasteiger partial charge in [0.2, 0.25) is 0 Å². The lowest BCUT2D eigenvalue weighted by Gasteiger charge is -2.08. The Morgan fingerprint density at radius 2 is 0.971 bits per heavy atom. The summed E-state index contributed by atoms with van der Waals surface area (Å²) in [5, 5.41) is 0. The number of benzene rings is 1. The van der Waals surface area contributed by atoms with Crippen LogP contribution in [0.15, 0.2) is 29.2 Å². The van der Waals surface area contributed by atoms with Crippen molar-refractivity contribution in [2.75, 3.05) is 6.61 Å². The molecule has 35 heavy (non-hydrogen) atoms. The van der Waals surface area contributed by atoms with Gasteiger partial charge in [0.25, 0.3) is 10.1 Å². The third-order valence-corrected chi connectivity index (χ3v) is 8.50. The molecule has 1 aromatic rings. The third-order valence-electron chi connectivity index (χ3n) is 7.03. The summed E-state index contributed by atoms with van der Waals surface area (Å²) >= 11 is 0. The van der Waals surface area contributed by atoms with Gasteiger partial charge in [-0.1, -0.05) is 154 Å². The molecule has 0 atom stereocenters. The van der Waals surface area contributed by atoms with Crippen LogP contribution in [0.2, 0.25) is 0 Å². The number of unbranched alkanes of at least 4 members (excludes halogenated alkanes) is 18. The molecule has 0 bridgehead atoms. The van der Waals surface area contributed by atoms with Gasteiger partial charge in [-0.15, -0.1) is 0 Å². The van der Waals surface area contributed by atoms with Crippen molar-refractivity contribution >= 4 is 10.1 Å². The molecule has 1 rings (SSSR count). The summed E-state index contributed by atoms with van der Waals surface area (Å²) in [5.41, 5.74) is 0.737. The fourth-order valence-electron chi connectivity index (χ4n) is 4.73. The van der Waals surface area contributed by atoms with Crippen molar-refractivity contribution in [1.82, 2.24) is 0 Å². The zero-order chi connectivity index (χ0) is 25.6. The Morgan fingerprint density at radius 1 is 0.600 bits per heavy atom. The molecule has 0 saturated heterocycles. The Morgan fingerprint density at radius 3 is 1.37 bits per heavy atom. The molecule has 0 heterocycles. The first-order valence-corrected chi connectivity index (χ1v) is 16.3. The lowest BCUT2D eigenvalue weighted by atomic mass is 10.0. The molecule has 4 heteroatoms. The molecule has 0 amide bonds. The zero-order valence-corrected chi connectivity index (χ0v) is 24.2. The van der Waals surface area contributed by atoms with Crippen LogP contribution >= 0.6 is 0 Å². The molecule has 3 nitrogen and oxygen atoms in total. The highest BCUT2D eigenvalue weighted by Crippen LogP contribution is 2.18. The summed E-state index contributed by atoms with van der Waals surface area (Å²) in [6, 6.07) is 6.99. The fourth-order valence-corrected chi connectivity index (χ4v) is 5.90. The van der Waals surface area contributed by atoms with Crippen molar-refractivity contribution in [3.8, 4) is 0 Å². The average Bonchev–Trinajstić information content (AvgIpc) is 2.82. The molecule has 0 aliphatic heterocycles. The van der Waals surface area contributed by atoms with Crippen LogP contribution in [0.4, 0.5) is 0 Å². The van der Waals surface area contributed by atoms with Gasteiger partial charge < -0.3 is 0 Å². The van der Waals surface area contributed by atoms with Gasteiger partial charge in [-0.3, -0.25) is 4.18 Å². The van der Waals surface area contributed by atoms with Gasteiger partial charge in [0.15, 0.2) is 0 Å². The van der Waals surface area contributed by atoms with Crippen LogP contribution in [0.3, 0.4) is 0 Å². The van der Waals surface area contributed by atoms with Gasteiger partial charge in [0.05, 0.1) is 11.5 Å². The Bertz CT molecular complexity index is 712. The molecule has 0 N–H and O–H groups in total. The molecule has 0 unspecified atom stereocenters. The lowest BCUT2D eigenvalue weighted by molar-refractivity contribution is 0.306. The average molecular weight is 509 g/mol. The maximum atomic E-state index is 12.2. The number of hydrogen-bond acceptors (Lipinski definition) is 3. The minimum atomic E-state index is -3.62. The van der Waals surface area contributed by atoms with Crippen molar-refractivity contribution in [2.24, 2.45) is 5.92 Å². The molecular formula is C31H56O3S. The Balaban J connectivity index is 1.78. The summed E-state index contributed by atoms with van der Waals surface area (Å²) in [5.74, 6) is 0.873. The van der Waals surface area contributed by atoms with E-state index in [1.165, 1.54) is 116 Å². The van der Waals surface area contributed by atoms with Gasteiger partial charge in [-0.05, 0) is 30.9 Å². The third kappa shape index (κ3) is 18.1. The molecule has 1 aromatic carbocycles. The van der Waals surface area contributed by atoms with Crippen LogP contribution in [-0.4, -0.2) is 15.0 Å². The molecule has 204 valence electrons. The smallest absolute Gasteiger partial charge is 0.266 e. The number of hydrogen-bond donors (Lipinski definition) is 0. The second-order valence-electron chi connectivity index (χ2n) is 10.9. The zero-order valence-electron chi connectivity index (χ0n) is 23.4. The van der Waals surface area contributed by atoms with Gasteiger partial charge in [-0.2, -0.15) is 8.42 Å². The second-order valence-corrected chi connectivity index (χ2v) is 12.5. The van der Waals surface area contributed by atoms with Crippen molar-refractivity contribution in [3.63, 3.8) is 0 Å². The Labute approximate surface area is 219 Å². The van der Waals surface area contributed by atoms with Crippen LogP contribution in [0, 0.1) is 12.8 Å². The number of aryl methyl sites for hydroxylation is 1. The lowest BCUT2D eigenvalue weighted by Crippen LogP contribution is -2.09. The van der Waals surface area contributed by atoms with Crippen molar-refractivity contribution in [1.29, 1.82) is 0 Å². The summed E-state index contributed by atoms with van der Waals surface area (Å²) in [6.45, 7) is 6.74. The van der Waals surface area contributed by atoms with Crippen LogP contribution in [-0.2, 0) is 14.3 Å². The van der Waals surface area contributed by atoms with E-state index >= 15 is 0 Å². The maximum absolute atomic E-state index is 12.2. The van der Waals surface area contributed by atoms with Gasteiger partial charge in [0, 0.05) is 0 Å². The van der Waals surface area contributed by atoms with Crippen molar-refractivity contribution in [3.05, 3.63) is 29.8 Å². The van der Waals surface area contributed by atoms with E-state index in [4.69, 9.17) is 4.18 Å². The van der Waals surface area contributed by atoms with Gasteiger partial charge in [-0.25, -0.2) is 0 Å². The fraction of sp³-hybridized carbons (Fsp3) is 0.806. The first-order chi connectivity index (χ1) is 16.9. The van der Waals surface area contributed by atoms with Crippen LogP contribution in [0.1, 0.15) is 148 Å². The topological polar surface area (TPSA) is 43.4 Å². The molecular weight excluding hydrogens is 452 g/mol. The summed E-state index contributed by atoms with van der Waals surface area (Å²) in [4.78, 5) is 0.290. The van der Waals surface area contributed by atoms with Gasteiger partial charge >= 0.3 is 0 Å². The van der Waals surface area contributed by atoms with E-state index in [1.54, 1.807) is 25.1 Å². The second kappa shape index (κ2) is 21.2. The van der Waals surface area contributed by atoms with Gasteiger partial charge in [0.1, 0.15) is 0 Å². The summed E-state index contributed by atoms with van der Waals surface area (Å²) < 4.78 is 29.7. The standard InChI is InChI=1S/C31H56O3S/c1-29(2)25-21-19-17-15-13-11-9-7-5-4-6-8-10-12-14-16-18-20-24-28-34-35(32,33)31-27-23-22-26-30(31)3/h22-23,26-27,29H,4-21,24-25,28H2,1-3H3. The predicted octanol–water partition coefficient (Wildman–Crippen LogP) is 10.2. The van der Waals surface area contributed by atoms with E-state index < -0.39 is 10.1 Å². The van der Waals surface area contributed by atoms with E-state index in [2.05, 4.69) is 13.8 Å². The van der Waals surface area contributed by atoms with Crippen LogP contribution in [0.5, 0.6) is 0 Å². The Kier molecular flexibility index (Phi) is 19.5. The van der Waals surface area contributed by atoms with Crippen LogP contribution in [0.25, 0.3) is 0 Å². The van der Waals surface area contributed by atoms with E-state index in [0.29, 0.717) is 4.90 Å². The largest absolute Gasteiger partial charge is 0.297 e.